The number of carbonyl (C=O) groups excluding carboxylic acids is 2. The molecule has 1 heterocycles. The van der Waals surface area contributed by atoms with Gasteiger partial charge in [-0.2, -0.15) is 0 Å². The second-order valence-electron chi connectivity index (χ2n) is 4.97. The van der Waals surface area contributed by atoms with Crippen molar-refractivity contribution in [3.05, 3.63) is 58.3 Å². The zero-order valence-corrected chi connectivity index (χ0v) is 13.1. The summed E-state index contributed by atoms with van der Waals surface area (Å²) in [6, 6.07) is 9.22. The molecule has 1 atom stereocenters. The smallest absolute Gasteiger partial charge is 0.406 e. The van der Waals surface area contributed by atoms with Gasteiger partial charge in [0.1, 0.15) is 6.20 Å². The number of ketones is 1. The van der Waals surface area contributed by atoms with Crippen molar-refractivity contribution in [2.45, 2.75) is 20.0 Å². The third kappa shape index (κ3) is 4.13. The molecule has 0 aliphatic heterocycles. The number of rotatable bonds is 6. The zero-order chi connectivity index (χ0) is 17.7. The number of anilines is 1. The van der Waals surface area contributed by atoms with Crippen LogP contribution in [-0.2, 0) is 4.79 Å². The van der Waals surface area contributed by atoms with Gasteiger partial charge in [0, 0.05) is 11.3 Å². The van der Waals surface area contributed by atoms with Crippen LogP contribution in [0.3, 0.4) is 0 Å². The Hall–Kier alpha value is -3.29. The van der Waals surface area contributed by atoms with E-state index in [1.54, 1.807) is 24.3 Å². The van der Waals surface area contributed by atoms with Crippen molar-refractivity contribution in [2.75, 3.05) is 5.32 Å². The van der Waals surface area contributed by atoms with Gasteiger partial charge >= 0.3 is 5.82 Å². The molecule has 8 nitrogen and oxygen atoms in total. The van der Waals surface area contributed by atoms with Gasteiger partial charge in [-0.05, 0) is 60.2 Å². The van der Waals surface area contributed by atoms with E-state index in [-0.39, 0.29) is 11.5 Å². The lowest BCUT2D eigenvalue weighted by Gasteiger charge is -2.14. The first kappa shape index (κ1) is 17.1. The van der Waals surface area contributed by atoms with Crippen LogP contribution < -0.4 is 10.1 Å². The summed E-state index contributed by atoms with van der Waals surface area (Å²) < 4.78 is 5.33. The summed E-state index contributed by atoms with van der Waals surface area (Å²) in [5.41, 5.74) is 1.02. The SMILES string of the molecule is CC(=O)c1ccc(NC(=O)[C@@H](C)Oc2cccnc2[N+](=O)[O-])cc1. The predicted molar refractivity (Wildman–Crippen MR) is 86.1 cm³/mol. The van der Waals surface area contributed by atoms with Crippen LogP contribution >= 0.6 is 0 Å². The summed E-state index contributed by atoms with van der Waals surface area (Å²) in [4.78, 5) is 37.2. The van der Waals surface area contributed by atoms with Crippen molar-refractivity contribution >= 4 is 23.2 Å². The molecule has 2 aromatic rings. The van der Waals surface area contributed by atoms with E-state index in [1.807, 2.05) is 0 Å². The number of pyridine rings is 1. The molecule has 1 aromatic carbocycles. The van der Waals surface area contributed by atoms with Gasteiger partial charge in [-0.25, -0.2) is 0 Å². The number of amides is 1. The Morgan fingerprint density at radius 1 is 1.25 bits per heavy atom. The molecule has 1 N–H and O–H groups in total. The summed E-state index contributed by atoms with van der Waals surface area (Å²) >= 11 is 0. The van der Waals surface area contributed by atoms with E-state index in [4.69, 9.17) is 4.74 Å². The molecular formula is C16H15N3O5. The van der Waals surface area contributed by atoms with E-state index in [1.165, 1.54) is 32.2 Å². The van der Waals surface area contributed by atoms with Crippen LogP contribution in [0.1, 0.15) is 24.2 Å². The first-order valence-electron chi connectivity index (χ1n) is 7.06. The summed E-state index contributed by atoms with van der Waals surface area (Å²) in [7, 11) is 0. The monoisotopic (exact) mass is 329 g/mol. The highest BCUT2D eigenvalue weighted by Gasteiger charge is 2.21. The minimum atomic E-state index is -0.972. The summed E-state index contributed by atoms with van der Waals surface area (Å²) in [5, 5.41) is 13.5. The number of Topliss-reactive ketones (excluding diaryl/α,β-unsaturated/α-hetero) is 1. The molecule has 1 amide bonds. The van der Waals surface area contributed by atoms with Gasteiger partial charge < -0.3 is 20.2 Å². The number of nitro groups is 1. The van der Waals surface area contributed by atoms with E-state index < -0.39 is 22.8 Å². The minimum absolute atomic E-state index is 0.0755. The van der Waals surface area contributed by atoms with Crippen LogP contribution in [0.5, 0.6) is 5.75 Å². The number of aromatic nitrogens is 1. The van der Waals surface area contributed by atoms with Gasteiger partial charge in [-0.1, -0.05) is 0 Å². The maximum absolute atomic E-state index is 12.1. The van der Waals surface area contributed by atoms with Gasteiger partial charge in [0.2, 0.25) is 5.75 Å². The highest BCUT2D eigenvalue weighted by atomic mass is 16.6. The number of hydrogen-bond acceptors (Lipinski definition) is 6. The van der Waals surface area contributed by atoms with Gasteiger partial charge in [-0.3, -0.25) is 9.59 Å². The van der Waals surface area contributed by atoms with E-state index in [9.17, 15) is 19.7 Å². The maximum Gasteiger partial charge on any atom is 0.406 e. The van der Waals surface area contributed by atoms with Crippen molar-refractivity contribution < 1.29 is 19.2 Å². The van der Waals surface area contributed by atoms with E-state index in [2.05, 4.69) is 10.3 Å². The average molecular weight is 329 g/mol. The molecule has 0 spiro atoms. The van der Waals surface area contributed by atoms with Gasteiger partial charge in [0.05, 0.1) is 0 Å². The van der Waals surface area contributed by atoms with Crippen LogP contribution in [0.2, 0.25) is 0 Å². The highest BCUT2D eigenvalue weighted by molar-refractivity contribution is 5.96. The normalized spacial score (nSPS) is 11.4. The number of ether oxygens (including phenoxy) is 1. The molecule has 0 fully saturated rings. The van der Waals surface area contributed by atoms with Crippen molar-refractivity contribution in [3.8, 4) is 5.75 Å². The van der Waals surface area contributed by atoms with Crippen molar-refractivity contribution in [1.82, 2.24) is 4.98 Å². The molecule has 0 saturated heterocycles. The summed E-state index contributed by atoms with van der Waals surface area (Å²) in [6.45, 7) is 2.92. The van der Waals surface area contributed by atoms with Crippen LogP contribution in [-0.4, -0.2) is 27.7 Å². The Morgan fingerprint density at radius 3 is 2.50 bits per heavy atom. The number of nitrogens with zero attached hydrogens (tertiary/aromatic N) is 2. The zero-order valence-electron chi connectivity index (χ0n) is 13.1. The fourth-order valence-electron chi connectivity index (χ4n) is 1.89. The number of nitrogens with one attached hydrogen (secondary N) is 1. The highest BCUT2D eigenvalue weighted by Crippen LogP contribution is 2.24. The van der Waals surface area contributed by atoms with Crippen LogP contribution in [0, 0.1) is 10.1 Å². The van der Waals surface area contributed by atoms with E-state index in [0.29, 0.717) is 11.3 Å². The topological polar surface area (TPSA) is 111 Å². The molecular weight excluding hydrogens is 314 g/mol. The Morgan fingerprint density at radius 2 is 1.92 bits per heavy atom. The molecule has 0 aliphatic carbocycles. The number of carbonyl (C=O) groups is 2. The third-order valence-electron chi connectivity index (χ3n) is 3.16. The minimum Gasteiger partial charge on any atom is -0.473 e. The summed E-state index contributed by atoms with van der Waals surface area (Å²) in [6.07, 6.45) is 0.298. The van der Waals surface area contributed by atoms with Crippen molar-refractivity contribution in [1.29, 1.82) is 0 Å². The van der Waals surface area contributed by atoms with Gasteiger partial charge in [0.25, 0.3) is 5.91 Å². The lowest BCUT2D eigenvalue weighted by molar-refractivity contribution is -0.390. The largest absolute Gasteiger partial charge is 0.473 e. The molecule has 0 aliphatic rings. The third-order valence-corrected chi connectivity index (χ3v) is 3.16. The number of hydrogen-bond donors (Lipinski definition) is 1. The first-order valence-corrected chi connectivity index (χ1v) is 7.06. The molecule has 1 aromatic heterocycles. The van der Waals surface area contributed by atoms with Crippen LogP contribution in [0.4, 0.5) is 11.5 Å². The van der Waals surface area contributed by atoms with E-state index in [0.717, 1.165) is 0 Å². The lowest BCUT2D eigenvalue weighted by Crippen LogP contribution is -2.30. The first-order chi connectivity index (χ1) is 11.4. The van der Waals surface area contributed by atoms with Gasteiger partial charge in [0.15, 0.2) is 11.9 Å². The standard InChI is InChI=1S/C16H15N3O5/c1-10(20)12-5-7-13(8-6-12)18-16(21)11(2)24-14-4-3-9-17-15(14)19(22)23/h3-9,11H,1-2H3,(H,18,21)/t11-/m1/s1. The van der Waals surface area contributed by atoms with Crippen molar-refractivity contribution in [3.63, 3.8) is 0 Å². The number of benzene rings is 1. The molecule has 0 bridgehead atoms. The Balaban J connectivity index is 2.05. The molecule has 8 heteroatoms. The fraction of sp³-hybridized carbons (Fsp3) is 0.188. The predicted octanol–water partition coefficient (Wildman–Crippen LogP) is 2.60. The van der Waals surface area contributed by atoms with E-state index >= 15 is 0 Å². The Labute approximate surface area is 137 Å². The molecule has 0 saturated carbocycles. The molecule has 0 radical (unpaired) electrons. The molecule has 124 valence electrons. The molecule has 24 heavy (non-hydrogen) atoms. The fourth-order valence-corrected chi connectivity index (χ4v) is 1.89. The van der Waals surface area contributed by atoms with Crippen LogP contribution in [0.25, 0.3) is 0 Å². The molecule has 2 rings (SSSR count). The average Bonchev–Trinajstić information content (AvgIpc) is 2.55. The lowest BCUT2D eigenvalue weighted by atomic mass is 10.1. The Kier molecular flexibility index (Phi) is 5.20. The second-order valence-corrected chi connectivity index (χ2v) is 4.97. The maximum atomic E-state index is 12.1. The van der Waals surface area contributed by atoms with Crippen molar-refractivity contribution in [2.24, 2.45) is 0 Å². The van der Waals surface area contributed by atoms with Gasteiger partial charge in [-0.15, -0.1) is 0 Å². The Bertz CT molecular complexity index is 774. The summed E-state index contributed by atoms with van der Waals surface area (Å²) in [5.74, 6) is -1.10. The van der Waals surface area contributed by atoms with Crippen LogP contribution in [0.15, 0.2) is 42.6 Å². The molecule has 0 unspecified atom stereocenters. The quantitative estimate of drug-likeness (QED) is 0.495. The second kappa shape index (κ2) is 7.32.